The fourth-order valence-corrected chi connectivity index (χ4v) is 2.76. The molecule has 0 amide bonds. The standard InChI is InChI=1S/C14H15ClFN3/c15-11-4-1-5-12(14(11)16)19-9-18-8-13(19)10-3-2-6-17-7-10/h1,4-5,8-10,17H,2-3,6-7H2. The number of halogens is 2. The van der Waals surface area contributed by atoms with Crippen LogP contribution >= 0.6 is 11.6 Å². The molecule has 100 valence electrons. The van der Waals surface area contributed by atoms with Gasteiger partial charge in [0.05, 0.1) is 17.0 Å². The molecule has 1 aliphatic rings. The number of nitrogens with one attached hydrogen (secondary N) is 1. The largest absolute Gasteiger partial charge is 0.316 e. The molecule has 0 radical (unpaired) electrons. The third-order valence-electron chi connectivity index (χ3n) is 3.57. The molecule has 0 saturated carbocycles. The lowest BCUT2D eigenvalue weighted by Gasteiger charge is -2.24. The number of benzene rings is 1. The molecule has 2 heterocycles. The summed E-state index contributed by atoms with van der Waals surface area (Å²) in [4.78, 5) is 4.17. The van der Waals surface area contributed by atoms with Gasteiger partial charge in [0.1, 0.15) is 0 Å². The second-order valence-electron chi connectivity index (χ2n) is 4.80. The van der Waals surface area contributed by atoms with Crippen LogP contribution < -0.4 is 5.32 Å². The lowest BCUT2D eigenvalue weighted by molar-refractivity contribution is 0.450. The minimum absolute atomic E-state index is 0.138. The molecule has 3 nitrogen and oxygen atoms in total. The van der Waals surface area contributed by atoms with Gasteiger partial charge in [-0.15, -0.1) is 0 Å². The van der Waals surface area contributed by atoms with E-state index in [1.807, 2.05) is 6.20 Å². The van der Waals surface area contributed by atoms with Crippen LogP contribution in [0.5, 0.6) is 0 Å². The van der Waals surface area contributed by atoms with Crippen molar-refractivity contribution in [1.82, 2.24) is 14.9 Å². The SMILES string of the molecule is Fc1c(Cl)cccc1-n1cncc1C1CCCNC1. The molecule has 1 N–H and O–H groups in total. The van der Waals surface area contributed by atoms with Crippen LogP contribution in [-0.4, -0.2) is 22.6 Å². The summed E-state index contributed by atoms with van der Waals surface area (Å²) in [5, 5.41) is 3.50. The monoisotopic (exact) mass is 279 g/mol. The van der Waals surface area contributed by atoms with Crippen LogP contribution in [0.3, 0.4) is 0 Å². The Kier molecular flexibility index (Phi) is 3.53. The van der Waals surface area contributed by atoms with Crippen LogP contribution in [0, 0.1) is 5.82 Å². The fourth-order valence-electron chi connectivity index (χ4n) is 2.59. The van der Waals surface area contributed by atoms with Crippen molar-refractivity contribution < 1.29 is 4.39 Å². The molecule has 1 aromatic carbocycles. The van der Waals surface area contributed by atoms with E-state index in [0.29, 0.717) is 11.6 Å². The highest BCUT2D eigenvalue weighted by atomic mass is 35.5. The van der Waals surface area contributed by atoms with Gasteiger partial charge in [-0.1, -0.05) is 17.7 Å². The molecule has 1 aliphatic heterocycles. The molecule has 1 unspecified atom stereocenters. The Morgan fingerprint density at radius 2 is 2.32 bits per heavy atom. The van der Waals surface area contributed by atoms with Gasteiger partial charge in [-0.25, -0.2) is 9.37 Å². The van der Waals surface area contributed by atoms with Gasteiger partial charge in [0, 0.05) is 24.4 Å². The lowest BCUT2D eigenvalue weighted by atomic mass is 9.96. The average molecular weight is 280 g/mol. The van der Waals surface area contributed by atoms with Gasteiger partial charge in [-0.2, -0.15) is 0 Å². The first-order chi connectivity index (χ1) is 9.27. The summed E-state index contributed by atoms with van der Waals surface area (Å²) in [6.45, 7) is 1.96. The van der Waals surface area contributed by atoms with E-state index < -0.39 is 5.82 Å². The second kappa shape index (κ2) is 5.31. The zero-order chi connectivity index (χ0) is 13.2. The predicted molar refractivity (Wildman–Crippen MR) is 73.4 cm³/mol. The van der Waals surface area contributed by atoms with Crippen molar-refractivity contribution in [3.63, 3.8) is 0 Å². The Morgan fingerprint density at radius 3 is 3.11 bits per heavy atom. The lowest BCUT2D eigenvalue weighted by Crippen LogP contribution is -2.29. The van der Waals surface area contributed by atoms with E-state index >= 15 is 0 Å². The van der Waals surface area contributed by atoms with Crippen molar-refractivity contribution in [2.24, 2.45) is 0 Å². The Balaban J connectivity index is 2.01. The normalized spacial score (nSPS) is 19.6. The summed E-state index contributed by atoms with van der Waals surface area (Å²) in [6.07, 6.45) is 5.70. The molecule has 1 saturated heterocycles. The van der Waals surface area contributed by atoms with Gasteiger partial charge in [-0.05, 0) is 31.5 Å². The number of aromatic nitrogens is 2. The van der Waals surface area contributed by atoms with Crippen molar-refractivity contribution in [2.45, 2.75) is 18.8 Å². The molecule has 1 aromatic heterocycles. The quantitative estimate of drug-likeness (QED) is 0.915. The molecular weight excluding hydrogens is 265 g/mol. The van der Waals surface area contributed by atoms with E-state index in [1.54, 1.807) is 29.1 Å². The van der Waals surface area contributed by atoms with E-state index in [-0.39, 0.29) is 5.02 Å². The maximum absolute atomic E-state index is 14.1. The van der Waals surface area contributed by atoms with Crippen molar-refractivity contribution in [3.05, 3.63) is 47.3 Å². The molecule has 1 fully saturated rings. The van der Waals surface area contributed by atoms with Crippen LogP contribution in [0.15, 0.2) is 30.7 Å². The maximum atomic E-state index is 14.1. The first-order valence-corrected chi connectivity index (χ1v) is 6.82. The van der Waals surface area contributed by atoms with Gasteiger partial charge >= 0.3 is 0 Å². The summed E-state index contributed by atoms with van der Waals surface area (Å²) in [6, 6.07) is 5.03. The van der Waals surface area contributed by atoms with E-state index in [9.17, 15) is 4.39 Å². The minimum atomic E-state index is -0.396. The average Bonchev–Trinajstić information content (AvgIpc) is 2.92. The molecule has 0 aliphatic carbocycles. The van der Waals surface area contributed by atoms with E-state index in [0.717, 1.165) is 31.6 Å². The van der Waals surface area contributed by atoms with Crippen molar-refractivity contribution in [3.8, 4) is 5.69 Å². The Morgan fingerprint density at radius 1 is 1.42 bits per heavy atom. The molecule has 0 spiro atoms. The number of hydrogen-bond acceptors (Lipinski definition) is 2. The second-order valence-corrected chi connectivity index (χ2v) is 5.21. The Labute approximate surface area is 116 Å². The van der Waals surface area contributed by atoms with Gasteiger partial charge in [-0.3, -0.25) is 4.57 Å². The third kappa shape index (κ3) is 2.38. The van der Waals surface area contributed by atoms with Gasteiger partial charge in [0.15, 0.2) is 5.82 Å². The minimum Gasteiger partial charge on any atom is -0.316 e. The summed E-state index contributed by atoms with van der Waals surface area (Å²) >= 11 is 5.85. The molecule has 2 aromatic rings. The van der Waals surface area contributed by atoms with Crippen molar-refractivity contribution in [2.75, 3.05) is 13.1 Å². The van der Waals surface area contributed by atoms with Crippen molar-refractivity contribution in [1.29, 1.82) is 0 Å². The molecule has 1 atom stereocenters. The van der Waals surface area contributed by atoms with E-state index in [4.69, 9.17) is 11.6 Å². The summed E-state index contributed by atoms with van der Waals surface area (Å²) in [7, 11) is 0. The highest BCUT2D eigenvalue weighted by Crippen LogP contribution is 2.28. The molecule has 19 heavy (non-hydrogen) atoms. The number of imidazole rings is 1. The van der Waals surface area contributed by atoms with Crippen LogP contribution in [0.2, 0.25) is 5.02 Å². The zero-order valence-corrected chi connectivity index (χ0v) is 11.2. The summed E-state index contributed by atoms with van der Waals surface area (Å²) < 4.78 is 15.9. The smallest absolute Gasteiger partial charge is 0.165 e. The van der Waals surface area contributed by atoms with Gasteiger partial charge in [0.25, 0.3) is 0 Å². The summed E-state index contributed by atoms with van der Waals surface area (Å²) in [5.74, 6) is -0.0261. The number of rotatable bonds is 2. The molecule has 5 heteroatoms. The van der Waals surface area contributed by atoms with Crippen LogP contribution in [0.25, 0.3) is 5.69 Å². The van der Waals surface area contributed by atoms with E-state index in [1.165, 1.54) is 0 Å². The van der Waals surface area contributed by atoms with Crippen LogP contribution in [0.4, 0.5) is 4.39 Å². The van der Waals surface area contributed by atoms with E-state index in [2.05, 4.69) is 10.3 Å². The topological polar surface area (TPSA) is 29.9 Å². The fraction of sp³-hybridized carbons (Fsp3) is 0.357. The first kappa shape index (κ1) is 12.6. The number of piperidine rings is 1. The van der Waals surface area contributed by atoms with Crippen molar-refractivity contribution >= 4 is 11.6 Å². The Bertz CT molecular complexity index is 576. The third-order valence-corrected chi connectivity index (χ3v) is 3.86. The molecule has 0 bridgehead atoms. The summed E-state index contributed by atoms with van der Waals surface area (Å²) in [5.41, 5.74) is 1.50. The number of hydrogen-bond donors (Lipinski definition) is 1. The van der Waals surface area contributed by atoms with Gasteiger partial charge in [0.2, 0.25) is 0 Å². The Hall–Kier alpha value is -1.39. The molecular formula is C14H15ClFN3. The zero-order valence-electron chi connectivity index (χ0n) is 10.4. The number of nitrogens with zero attached hydrogens (tertiary/aromatic N) is 2. The highest BCUT2D eigenvalue weighted by Gasteiger charge is 2.20. The molecule has 3 rings (SSSR count). The van der Waals surface area contributed by atoms with Crippen LogP contribution in [0.1, 0.15) is 24.5 Å². The predicted octanol–water partition coefficient (Wildman–Crippen LogP) is 3.13. The van der Waals surface area contributed by atoms with Gasteiger partial charge < -0.3 is 5.32 Å². The highest BCUT2D eigenvalue weighted by molar-refractivity contribution is 6.30. The maximum Gasteiger partial charge on any atom is 0.165 e. The first-order valence-electron chi connectivity index (χ1n) is 6.44. The van der Waals surface area contributed by atoms with Crippen LogP contribution in [-0.2, 0) is 0 Å².